The van der Waals surface area contributed by atoms with E-state index in [-0.39, 0.29) is 5.78 Å². The van der Waals surface area contributed by atoms with Crippen LogP contribution < -0.4 is 0 Å². The molecule has 0 bridgehead atoms. The van der Waals surface area contributed by atoms with Crippen LogP contribution >= 0.6 is 0 Å². The SMILES string of the molecule is CCOCCCC(=O)Cc1cccnc1. The highest BCUT2D eigenvalue weighted by Gasteiger charge is 2.03. The molecule has 82 valence electrons. The molecule has 0 aliphatic carbocycles. The number of nitrogens with zero attached hydrogens (tertiary/aromatic N) is 1. The van der Waals surface area contributed by atoms with Crippen molar-refractivity contribution in [2.24, 2.45) is 0 Å². The highest BCUT2D eigenvalue weighted by atomic mass is 16.5. The second kappa shape index (κ2) is 7.12. The maximum absolute atomic E-state index is 11.5. The number of carbonyl (C=O) groups excluding carboxylic acids is 1. The highest BCUT2D eigenvalue weighted by Crippen LogP contribution is 2.01. The Morgan fingerprint density at radius 2 is 2.40 bits per heavy atom. The van der Waals surface area contributed by atoms with Gasteiger partial charge in [0.2, 0.25) is 0 Å². The fraction of sp³-hybridized carbons (Fsp3) is 0.500. The van der Waals surface area contributed by atoms with Crippen LogP contribution in [0.4, 0.5) is 0 Å². The standard InChI is InChI=1S/C12H17NO2/c1-2-15-8-4-6-12(14)9-11-5-3-7-13-10-11/h3,5,7,10H,2,4,6,8-9H2,1H3. The molecule has 0 spiro atoms. The average molecular weight is 207 g/mol. The number of Topliss-reactive ketones (excluding diaryl/α,β-unsaturated/α-hetero) is 1. The van der Waals surface area contributed by atoms with Crippen LogP contribution in [0.25, 0.3) is 0 Å². The Labute approximate surface area is 90.5 Å². The summed E-state index contributed by atoms with van der Waals surface area (Å²) in [5.41, 5.74) is 0.985. The first kappa shape index (κ1) is 11.9. The van der Waals surface area contributed by atoms with Crippen LogP contribution in [0.15, 0.2) is 24.5 Å². The second-order valence-corrected chi connectivity index (χ2v) is 3.38. The van der Waals surface area contributed by atoms with E-state index in [1.165, 1.54) is 0 Å². The quantitative estimate of drug-likeness (QED) is 0.642. The van der Waals surface area contributed by atoms with Gasteiger partial charge in [-0.15, -0.1) is 0 Å². The first-order valence-electron chi connectivity index (χ1n) is 5.31. The van der Waals surface area contributed by atoms with Crippen molar-refractivity contribution in [3.05, 3.63) is 30.1 Å². The minimum Gasteiger partial charge on any atom is -0.382 e. The second-order valence-electron chi connectivity index (χ2n) is 3.38. The van der Waals surface area contributed by atoms with Crippen molar-refractivity contribution in [1.29, 1.82) is 0 Å². The summed E-state index contributed by atoms with van der Waals surface area (Å²) in [6, 6.07) is 3.77. The molecule has 0 unspecified atom stereocenters. The molecule has 0 aromatic carbocycles. The van der Waals surface area contributed by atoms with Gasteiger partial charge in [-0.1, -0.05) is 6.07 Å². The molecule has 0 saturated carbocycles. The van der Waals surface area contributed by atoms with Gasteiger partial charge in [-0.25, -0.2) is 0 Å². The lowest BCUT2D eigenvalue weighted by atomic mass is 10.1. The van der Waals surface area contributed by atoms with Gasteiger partial charge in [-0.2, -0.15) is 0 Å². The maximum Gasteiger partial charge on any atom is 0.137 e. The van der Waals surface area contributed by atoms with Crippen LogP contribution in [-0.2, 0) is 16.0 Å². The Morgan fingerprint density at radius 3 is 3.07 bits per heavy atom. The Balaban J connectivity index is 2.19. The fourth-order valence-corrected chi connectivity index (χ4v) is 1.33. The van der Waals surface area contributed by atoms with Gasteiger partial charge in [0.1, 0.15) is 5.78 Å². The number of ether oxygens (including phenoxy) is 1. The van der Waals surface area contributed by atoms with Crippen molar-refractivity contribution in [2.45, 2.75) is 26.2 Å². The Kier molecular flexibility index (Phi) is 5.63. The summed E-state index contributed by atoms with van der Waals surface area (Å²) in [6.45, 7) is 3.35. The maximum atomic E-state index is 11.5. The smallest absolute Gasteiger partial charge is 0.137 e. The van der Waals surface area contributed by atoms with E-state index in [0.29, 0.717) is 19.4 Å². The fourth-order valence-electron chi connectivity index (χ4n) is 1.33. The molecule has 1 rings (SSSR count). The van der Waals surface area contributed by atoms with E-state index in [9.17, 15) is 4.79 Å². The van der Waals surface area contributed by atoms with Gasteiger partial charge in [-0.05, 0) is 25.0 Å². The molecule has 3 heteroatoms. The van der Waals surface area contributed by atoms with E-state index in [1.54, 1.807) is 12.4 Å². The number of hydrogen-bond acceptors (Lipinski definition) is 3. The van der Waals surface area contributed by atoms with E-state index in [2.05, 4.69) is 4.98 Å². The lowest BCUT2D eigenvalue weighted by molar-refractivity contribution is -0.118. The summed E-state index contributed by atoms with van der Waals surface area (Å²) in [4.78, 5) is 15.5. The third-order valence-electron chi connectivity index (χ3n) is 2.07. The van der Waals surface area contributed by atoms with Gasteiger partial charge < -0.3 is 4.74 Å². The van der Waals surface area contributed by atoms with E-state index in [4.69, 9.17) is 4.74 Å². The summed E-state index contributed by atoms with van der Waals surface area (Å²) >= 11 is 0. The number of hydrogen-bond donors (Lipinski definition) is 0. The molecule has 1 aromatic rings. The number of rotatable bonds is 7. The minimum absolute atomic E-state index is 0.253. The van der Waals surface area contributed by atoms with Gasteiger partial charge >= 0.3 is 0 Å². The molecule has 0 fully saturated rings. The van der Waals surface area contributed by atoms with Crippen LogP contribution in [0.1, 0.15) is 25.3 Å². The highest BCUT2D eigenvalue weighted by molar-refractivity contribution is 5.80. The lowest BCUT2D eigenvalue weighted by Gasteiger charge is -2.01. The van der Waals surface area contributed by atoms with E-state index >= 15 is 0 Å². The predicted molar refractivity (Wildman–Crippen MR) is 58.7 cm³/mol. The average Bonchev–Trinajstić information content (AvgIpc) is 2.26. The van der Waals surface area contributed by atoms with Gasteiger partial charge in [0.25, 0.3) is 0 Å². The van der Waals surface area contributed by atoms with Crippen molar-refractivity contribution >= 4 is 5.78 Å². The van der Waals surface area contributed by atoms with Gasteiger partial charge in [-0.3, -0.25) is 9.78 Å². The molecular weight excluding hydrogens is 190 g/mol. The third kappa shape index (κ3) is 5.27. The first-order valence-corrected chi connectivity index (χ1v) is 5.31. The van der Waals surface area contributed by atoms with E-state index in [1.807, 2.05) is 19.1 Å². The minimum atomic E-state index is 0.253. The molecule has 0 aliphatic heterocycles. The van der Waals surface area contributed by atoms with Crippen molar-refractivity contribution in [1.82, 2.24) is 4.98 Å². The monoisotopic (exact) mass is 207 g/mol. The number of carbonyl (C=O) groups is 1. The summed E-state index contributed by atoms with van der Waals surface area (Å²) in [7, 11) is 0. The van der Waals surface area contributed by atoms with Crippen molar-refractivity contribution < 1.29 is 9.53 Å². The van der Waals surface area contributed by atoms with Crippen LogP contribution in [0.5, 0.6) is 0 Å². The lowest BCUT2D eigenvalue weighted by Crippen LogP contribution is -2.05. The number of aromatic nitrogens is 1. The molecule has 0 atom stereocenters. The first-order chi connectivity index (χ1) is 7.33. The van der Waals surface area contributed by atoms with Crippen LogP contribution in [0, 0.1) is 0 Å². The normalized spacial score (nSPS) is 10.2. The molecule has 1 aromatic heterocycles. The summed E-state index contributed by atoms with van der Waals surface area (Å²) < 4.78 is 5.17. The predicted octanol–water partition coefficient (Wildman–Crippen LogP) is 2.01. The summed E-state index contributed by atoms with van der Waals surface area (Å²) in [5, 5.41) is 0. The van der Waals surface area contributed by atoms with E-state index < -0.39 is 0 Å². The molecule has 3 nitrogen and oxygen atoms in total. The summed E-state index contributed by atoms with van der Waals surface area (Å²) in [6.07, 6.45) is 5.34. The van der Waals surface area contributed by atoms with Crippen molar-refractivity contribution in [3.8, 4) is 0 Å². The zero-order chi connectivity index (χ0) is 10.9. The number of pyridine rings is 1. The van der Waals surface area contributed by atoms with E-state index in [0.717, 1.165) is 18.6 Å². The molecule has 1 heterocycles. The van der Waals surface area contributed by atoms with Crippen LogP contribution in [-0.4, -0.2) is 24.0 Å². The Morgan fingerprint density at radius 1 is 1.53 bits per heavy atom. The largest absolute Gasteiger partial charge is 0.382 e. The summed E-state index contributed by atoms with van der Waals surface area (Å²) in [5.74, 6) is 0.253. The number of ketones is 1. The Hall–Kier alpha value is -1.22. The van der Waals surface area contributed by atoms with Crippen LogP contribution in [0.2, 0.25) is 0 Å². The van der Waals surface area contributed by atoms with Gasteiger partial charge in [0, 0.05) is 38.4 Å². The van der Waals surface area contributed by atoms with Crippen LogP contribution in [0.3, 0.4) is 0 Å². The molecular formula is C12H17NO2. The molecule has 0 aliphatic rings. The van der Waals surface area contributed by atoms with Crippen molar-refractivity contribution in [3.63, 3.8) is 0 Å². The van der Waals surface area contributed by atoms with Gasteiger partial charge in [0.05, 0.1) is 0 Å². The molecule has 0 N–H and O–H groups in total. The molecule has 0 radical (unpaired) electrons. The third-order valence-corrected chi connectivity index (χ3v) is 2.07. The zero-order valence-corrected chi connectivity index (χ0v) is 9.11. The molecule has 15 heavy (non-hydrogen) atoms. The Bertz CT molecular complexity index is 285. The van der Waals surface area contributed by atoms with Gasteiger partial charge in [0.15, 0.2) is 0 Å². The topological polar surface area (TPSA) is 39.2 Å². The molecule has 0 amide bonds. The zero-order valence-electron chi connectivity index (χ0n) is 9.11. The molecule has 0 saturated heterocycles. The van der Waals surface area contributed by atoms with Crippen molar-refractivity contribution in [2.75, 3.05) is 13.2 Å².